The Labute approximate surface area is 197 Å². The molecule has 0 bridgehead atoms. The van der Waals surface area contributed by atoms with Gasteiger partial charge in [-0.25, -0.2) is 4.79 Å². The van der Waals surface area contributed by atoms with Crippen LogP contribution in [0.1, 0.15) is 58.8 Å². The lowest BCUT2D eigenvalue weighted by molar-refractivity contribution is -0.149. The van der Waals surface area contributed by atoms with E-state index in [1.807, 2.05) is 54.5 Å². The number of ketones is 1. The summed E-state index contributed by atoms with van der Waals surface area (Å²) in [4.78, 5) is 26.1. The predicted molar refractivity (Wildman–Crippen MR) is 129 cm³/mol. The van der Waals surface area contributed by atoms with Gasteiger partial charge in [-0.1, -0.05) is 25.5 Å². The Kier molecular flexibility index (Phi) is 7.83. The molecule has 0 heterocycles. The van der Waals surface area contributed by atoms with Crippen LogP contribution in [-0.2, 0) is 14.3 Å². The molecule has 0 amide bonds. The van der Waals surface area contributed by atoms with Gasteiger partial charge >= 0.3 is 5.97 Å². The molecule has 1 atom stereocenters. The second-order valence-electron chi connectivity index (χ2n) is 9.68. The van der Waals surface area contributed by atoms with Crippen molar-refractivity contribution in [2.75, 3.05) is 21.3 Å². The third kappa shape index (κ3) is 5.49. The summed E-state index contributed by atoms with van der Waals surface area (Å²) in [5.74, 6) is 0.825. The Bertz CT molecular complexity index is 1020. The normalized spacial score (nSPS) is 18.4. The minimum atomic E-state index is -0.610. The van der Waals surface area contributed by atoms with Crippen LogP contribution in [0.25, 0.3) is 0 Å². The smallest absolute Gasteiger partial charge is 0.339 e. The molecule has 0 saturated carbocycles. The average molecular weight is 457 g/mol. The van der Waals surface area contributed by atoms with Crippen LogP contribution >= 0.6 is 0 Å². The molecule has 0 N–H and O–H groups in total. The minimum absolute atomic E-state index is 0.214. The molecular formula is C27H36O6. The maximum Gasteiger partial charge on any atom is 0.339 e. The molecule has 0 fully saturated rings. The van der Waals surface area contributed by atoms with Gasteiger partial charge in [0.25, 0.3) is 0 Å². The molecule has 0 aromatic heterocycles. The number of allylic oxidation sites excluding steroid dienone is 3. The van der Waals surface area contributed by atoms with Crippen molar-refractivity contribution in [3.05, 3.63) is 58.4 Å². The van der Waals surface area contributed by atoms with Crippen molar-refractivity contribution in [1.82, 2.24) is 0 Å². The number of rotatable bonds is 7. The first kappa shape index (κ1) is 26.2. The van der Waals surface area contributed by atoms with Crippen LogP contribution in [0.15, 0.2) is 52.8 Å². The first-order chi connectivity index (χ1) is 15.3. The number of ether oxygens (including phenoxy) is 4. The van der Waals surface area contributed by atoms with Crippen molar-refractivity contribution in [2.24, 2.45) is 11.3 Å². The molecule has 6 nitrogen and oxygen atoms in total. The zero-order valence-corrected chi connectivity index (χ0v) is 21.4. The molecule has 0 radical (unpaired) electrons. The zero-order chi connectivity index (χ0) is 25.1. The summed E-state index contributed by atoms with van der Waals surface area (Å²) in [5, 5.41) is 0. The predicted octanol–water partition coefficient (Wildman–Crippen LogP) is 5.68. The standard InChI is InChI=1S/C27H36O6/c1-16-23(25(29)33-26(3,4)5)17(2)27(6,7)20(24(16)32-10)12-13-21(28)19-15-18(30-8)11-14-22(19)31-9/h11-15,20H,1-10H3. The minimum Gasteiger partial charge on any atom is -0.500 e. The number of carbonyl (C=O) groups is 2. The molecule has 0 saturated heterocycles. The van der Waals surface area contributed by atoms with Gasteiger partial charge in [0.2, 0.25) is 0 Å². The van der Waals surface area contributed by atoms with Gasteiger partial charge in [-0.2, -0.15) is 0 Å². The van der Waals surface area contributed by atoms with Crippen LogP contribution < -0.4 is 9.47 Å². The maximum absolute atomic E-state index is 13.1. The lowest BCUT2D eigenvalue weighted by Crippen LogP contribution is -2.35. The Morgan fingerprint density at radius 2 is 1.64 bits per heavy atom. The largest absolute Gasteiger partial charge is 0.500 e. The van der Waals surface area contributed by atoms with Crippen molar-refractivity contribution in [3.8, 4) is 11.5 Å². The second-order valence-corrected chi connectivity index (χ2v) is 9.68. The molecular weight excluding hydrogens is 420 g/mol. The third-order valence-corrected chi connectivity index (χ3v) is 6.08. The number of benzene rings is 1. The molecule has 1 aliphatic rings. The zero-order valence-electron chi connectivity index (χ0n) is 21.4. The van der Waals surface area contributed by atoms with E-state index < -0.39 is 11.0 Å². The van der Waals surface area contributed by atoms with Gasteiger partial charge in [0.1, 0.15) is 22.9 Å². The first-order valence-corrected chi connectivity index (χ1v) is 10.9. The summed E-state index contributed by atoms with van der Waals surface area (Å²) in [6, 6.07) is 5.10. The summed E-state index contributed by atoms with van der Waals surface area (Å²) in [5.41, 5.74) is 1.42. The molecule has 1 unspecified atom stereocenters. The Morgan fingerprint density at radius 3 is 2.15 bits per heavy atom. The highest BCUT2D eigenvalue weighted by molar-refractivity contribution is 6.07. The average Bonchev–Trinajstić information content (AvgIpc) is 2.73. The van der Waals surface area contributed by atoms with Crippen LogP contribution in [0.2, 0.25) is 0 Å². The molecule has 1 aromatic rings. The third-order valence-electron chi connectivity index (χ3n) is 6.08. The van der Waals surface area contributed by atoms with Gasteiger partial charge in [-0.15, -0.1) is 0 Å². The molecule has 0 aliphatic heterocycles. The van der Waals surface area contributed by atoms with Crippen LogP contribution in [0.5, 0.6) is 11.5 Å². The van der Waals surface area contributed by atoms with Crippen molar-refractivity contribution in [2.45, 2.75) is 54.1 Å². The molecule has 6 heteroatoms. The topological polar surface area (TPSA) is 71.1 Å². The van der Waals surface area contributed by atoms with E-state index in [4.69, 9.17) is 18.9 Å². The first-order valence-electron chi connectivity index (χ1n) is 10.9. The fourth-order valence-electron chi connectivity index (χ4n) is 4.04. The highest BCUT2D eigenvalue weighted by Gasteiger charge is 2.42. The van der Waals surface area contributed by atoms with E-state index in [2.05, 4.69) is 0 Å². The van der Waals surface area contributed by atoms with E-state index in [1.165, 1.54) is 13.2 Å². The van der Waals surface area contributed by atoms with Gasteiger partial charge < -0.3 is 18.9 Å². The number of hydrogen-bond donors (Lipinski definition) is 0. The summed E-state index contributed by atoms with van der Waals surface area (Å²) >= 11 is 0. The molecule has 2 rings (SSSR count). The van der Waals surface area contributed by atoms with Crippen LogP contribution in [0.4, 0.5) is 0 Å². The lowest BCUT2D eigenvalue weighted by Gasteiger charge is -2.40. The van der Waals surface area contributed by atoms with Crippen molar-refractivity contribution in [3.63, 3.8) is 0 Å². The van der Waals surface area contributed by atoms with E-state index in [9.17, 15) is 9.59 Å². The van der Waals surface area contributed by atoms with Crippen LogP contribution in [0.3, 0.4) is 0 Å². The van der Waals surface area contributed by atoms with E-state index in [0.717, 1.165) is 5.57 Å². The molecule has 33 heavy (non-hydrogen) atoms. The van der Waals surface area contributed by atoms with Crippen molar-refractivity contribution < 1.29 is 28.5 Å². The molecule has 1 aliphatic carbocycles. The molecule has 0 spiro atoms. The van der Waals surface area contributed by atoms with E-state index in [1.54, 1.807) is 32.4 Å². The van der Waals surface area contributed by atoms with Gasteiger partial charge in [0, 0.05) is 11.5 Å². The summed E-state index contributed by atoms with van der Waals surface area (Å²) < 4.78 is 22.0. The molecule has 180 valence electrons. The van der Waals surface area contributed by atoms with Gasteiger partial charge in [0.15, 0.2) is 5.78 Å². The molecule has 1 aromatic carbocycles. The van der Waals surface area contributed by atoms with Crippen LogP contribution in [0, 0.1) is 11.3 Å². The van der Waals surface area contributed by atoms with E-state index in [-0.39, 0.29) is 17.7 Å². The fraction of sp³-hybridized carbons (Fsp3) is 0.481. The van der Waals surface area contributed by atoms with Gasteiger partial charge in [-0.3, -0.25) is 4.79 Å². The van der Waals surface area contributed by atoms with E-state index in [0.29, 0.717) is 34.0 Å². The highest BCUT2D eigenvalue weighted by Crippen LogP contribution is 2.48. The number of carbonyl (C=O) groups excluding carboxylic acids is 2. The van der Waals surface area contributed by atoms with Gasteiger partial charge in [0.05, 0.1) is 32.5 Å². The number of methoxy groups -OCH3 is 3. The van der Waals surface area contributed by atoms with Crippen molar-refractivity contribution >= 4 is 11.8 Å². The lowest BCUT2D eigenvalue weighted by atomic mass is 9.66. The summed E-state index contributed by atoms with van der Waals surface area (Å²) in [6.45, 7) is 13.4. The number of esters is 1. The fourth-order valence-corrected chi connectivity index (χ4v) is 4.04. The van der Waals surface area contributed by atoms with Crippen LogP contribution in [-0.4, -0.2) is 38.7 Å². The second kappa shape index (κ2) is 9.86. The SMILES string of the molecule is COC1=C(C)C(C(=O)OC(C)(C)C)=C(C)C(C)(C)C1C=CC(=O)c1cc(OC)ccc1OC. The summed E-state index contributed by atoms with van der Waals surface area (Å²) in [7, 11) is 4.65. The Hall–Kier alpha value is -3.02. The van der Waals surface area contributed by atoms with Gasteiger partial charge in [-0.05, 0) is 64.3 Å². The Balaban J connectivity index is 2.49. The van der Waals surface area contributed by atoms with Crippen molar-refractivity contribution in [1.29, 1.82) is 0 Å². The maximum atomic E-state index is 13.1. The monoisotopic (exact) mass is 456 g/mol. The van der Waals surface area contributed by atoms with E-state index >= 15 is 0 Å². The summed E-state index contributed by atoms with van der Waals surface area (Å²) in [6.07, 6.45) is 3.36. The highest BCUT2D eigenvalue weighted by atomic mass is 16.6. The Morgan fingerprint density at radius 1 is 1.00 bits per heavy atom. The quantitative estimate of drug-likeness (QED) is 0.299. The number of hydrogen-bond acceptors (Lipinski definition) is 6.